The van der Waals surface area contributed by atoms with Crippen LogP contribution in [0, 0.1) is 25.5 Å². The standard InChI is InChI=1S/C17H19F2N3O2/c1-10-5-11(2)22(20-10)9-17(24)21-8-13(23)7-16(21)14-6-12(18)3-4-15(14)19/h3-6,13,16,23H,7-9H2,1-2H3/t13-,16+/m1/s1. The minimum atomic E-state index is -0.762. The number of halogens is 2. The number of aryl methyl sites for hydroxylation is 2. The molecule has 0 saturated carbocycles. The normalized spacial score (nSPS) is 20.6. The summed E-state index contributed by atoms with van der Waals surface area (Å²) in [6.45, 7) is 3.77. The van der Waals surface area contributed by atoms with Crippen LogP contribution < -0.4 is 0 Å². The summed E-state index contributed by atoms with van der Waals surface area (Å²) >= 11 is 0. The zero-order valence-corrected chi connectivity index (χ0v) is 13.5. The average Bonchev–Trinajstić information content (AvgIpc) is 3.04. The Morgan fingerprint density at radius 2 is 2.08 bits per heavy atom. The van der Waals surface area contributed by atoms with Crippen molar-refractivity contribution in [2.24, 2.45) is 0 Å². The summed E-state index contributed by atoms with van der Waals surface area (Å²) in [5, 5.41) is 14.2. The average molecular weight is 335 g/mol. The summed E-state index contributed by atoms with van der Waals surface area (Å²) in [4.78, 5) is 14.0. The molecule has 2 atom stereocenters. The summed E-state index contributed by atoms with van der Waals surface area (Å²) in [5.74, 6) is -1.44. The molecule has 128 valence electrons. The highest BCUT2D eigenvalue weighted by atomic mass is 19.1. The molecule has 0 spiro atoms. The Morgan fingerprint density at radius 3 is 2.75 bits per heavy atom. The van der Waals surface area contributed by atoms with Crippen LogP contribution in [0.1, 0.15) is 29.4 Å². The molecule has 1 aromatic carbocycles. The van der Waals surface area contributed by atoms with Crippen LogP contribution in [0.2, 0.25) is 0 Å². The van der Waals surface area contributed by atoms with Gasteiger partial charge in [0.25, 0.3) is 0 Å². The largest absolute Gasteiger partial charge is 0.391 e. The van der Waals surface area contributed by atoms with Crippen molar-refractivity contribution in [2.75, 3.05) is 6.54 Å². The van der Waals surface area contributed by atoms with Gasteiger partial charge >= 0.3 is 0 Å². The Morgan fingerprint density at radius 1 is 1.33 bits per heavy atom. The number of carbonyl (C=O) groups excluding carboxylic acids is 1. The summed E-state index contributed by atoms with van der Waals surface area (Å²) in [6.07, 6.45) is -0.578. The van der Waals surface area contributed by atoms with Crippen LogP contribution in [0.15, 0.2) is 24.3 Å². The molecule has 3 rings (SSSR count). The fourth-order valence-electron chi connectivity index (χ4n) is 3.21. The summed E-state index contributed by atoms with van der Waals surface area (Å²) in [6, 6.07) is 4.34. The van der Waals surface area contributed by atoms with Gasteiger partial charge in [-0.3, -0.25) is 9.48 Å². The number of hydrogen-bond donors (Lipinski definition) is 1. The zero-order chi connectivity index (χ0) is 17.4. The van der Waals surface area contributed by atoms with Crippen molar-refractivity contribution >= 4 is 5.91 Å². The highest BCUT2D eigenvalue weighted by Crippen LogP contribution is 2.34. The van der Waals surface area contributed by atoms with Gasteiger partial charge in [-0.2, -0.15) is 5.10 Å². The van der Waals surface area contributed by atoms with Crippen molar-refractivity contribution < 1.29 is 18.7 Å². The van der Waals surface area contributed by atoms with Crippen LogP contribution in [-0.4, -0.2) is 38.3 Å². The summed E-state index contributed by atoms with van der Waals surface area (Å²) in [7, 11) is 0. The van der Waals surface area contributed by atoms with E-state index in [1.807, 2.05) is 19.9 Å². The van der Waals surface area contributed by atoms with E-state index in [1.165, 1.54) is 4.90 Å². The maximum Gasteiger partial charge on any atom is 0.244 e. The Labute approximate surface area is 138 Å². The van der Waals surface area contributed by atoms with Crippen LogP contribution in [-0.2, 0) is 11.3 Å². The van der Waals surface area contributed by atoms with Crippen molar-refractivity contribution in [2.45, 2.75) is 39.0 Å². The van der Waals surface area contributed by atoms with Gasteiger partial charge in [-0.05, 0) is 44.5 Å². The number of benzene rings is 1. The van der Waals surface area contributed by atoms with Crippen molar-refractivity contribution in [1.29, 1.82) is 0 Å². The number of β-amino-alcohol motifs (C(OH)–C–C–N with tert-alkyl or cyclic N) is 1. The number of nitrogens with zero attached hydrogens (tertiary/aromatic N) is 3. The predicted molar refractivity (Wildman–Crippen MR) is 83.1 cm³/mol. The molecule has 1 amide bonds. The third kappa shape index (κ3) is 3.17. The van der Waals surface area contributed by atoms with Gasteiger partial charge in [0.05, 0.1) is 17.8 Å². The van der Waals surface area contributed by atoms with E-state index < -0.39 is 23.8 Å². The molecule has 2 aromatic rings. The molecule has 5 nitrogen and oxygen atoms in total. The van der Waals surface area contributed by atoms with Crippen LogP contribution in [0.4, 0.5) is 8.78 Å². The van der Waals surface area contributed by atoms with Gasteiger partial charge < -0.3 is 10.0 Å². The second-order valence-electron chi connectivity index (χ2n) is 6.20. The molecule has 0 radical (unpaired) electrons. The van der Waals surface area contributed by atoms with E-state index in [2.05, 4.69) is 5.10 Å². The number of likely N-dealkylation sites (tertiary alicyclic amines) is 1. The second kappa shape index (κ2) is 6.32. The van der Waals surface area contributed by atoms with Crippen molar-refractivity contribution in [3.8, 4) is 0 Å². The molecule has 1 N–H and O–H groups in total. The van der Waals surface area contributed by atoms with Crippen molar-refractivity contribution in [3.05, 3.63) is 52.9 Å². The smallest absolute Gasteiger partial charge is 0.244 e. The van der Waals surface area contributed by atoms with E-state index >= 15 is 0 Å². The quantitative estimate of drug-likeness (QED) is 0.935. The molecule has 7 heteroatoms. The predicted octanol–water partition coefficient (Wildman–Crippen LogP) is 2.11. The number of aliphatic hydroxyl groups excluding tert-OH is 1. The summed E-state index contributed by atoms with van der Waals surface area (Å²) in [5.41, 5.74) is 1.73. The number of hydrogen-bond acceptors (Lipinski definition) is 3. The Hall–Kier alpha value is -2.28. The monoisotopic (exact) mass is 335 g/mol. The van der Waals surface area contributed by atoms with E-state index in [-0.39, 0.29) is 31.0 Å². The van der Waals surface area contributed by atoms with Gasteiger partial charge in [0.2, 0.25) is 5.91 Å². The lowest BCUT2D eigenvalue weighted by Crippen LogP contribution is -2.35. The van der Waals surface area contributed by atoms with Crippen LogP contribution >= 0.6 is 0 Å². The first-order valence-electron chi connectivity index (χ1n) is 7.78. The molecule has 1 aromatic heterocycles. The third-order valence-electron chi connectivity index (χ3n) is 4.30. The molecule has 1 aliphatic heterocycles. The van der Waals surface area contributed by atoms with E-state index in [1.54, 1.807) is 4.68 Å². The van der Waals surface area contributed by atoms with Crippen LogP contribution in [0.5, 0.6) is 0 Å². The molecule has 24 heavy (non-hydrogen) atoms. The molecular formula is C17H19F2N3O2. The van der Waals surface area contributed by atoms with E-state index in [0.717, 1.165) is 29.6 Å². The molecule has 1 fully saturated rings. The SMILES string of the molecule is Cc1cc(C)n(CC(=O)N2C[C@H](O)C[C@H]2c2cc(F)ccc2F)n1. The van der Waals surface area contributed by atoms with Gasteiger partial charge in [-0.1, -0.05) is 0 Å². The van der Waals surface area contributed by atoms with Crippen LogP contribution in [0.25, 0.3) is 0 Å². The van der Waals surface area contributed by atoms with Gasteiger partial charge in [0, 0.05) is 17.8 Å². The lowest BCUT2D eigenvalue weighted by molar-refractivity contribution is -0.133. The van der Waals surface area contributed by atoms with Crippen molar-refractivity contribution in [1.82, 2.24) is 14.7 Å². The molecule has 0 aliphatic carbocycles. The van der Waals surface area contributed by atoms with E-state index in [9.17, 15) is 18.7 Å². The van der Waals surface area contributed by atoms with Gasteiger partial charge in [0.15, 0.2) is 0 Å². The number of amides is 1. The number of rotatable bonds is 3. The maximum absolute atomic E-state index is 14.1. The fourth-order valence-corrected chi connectivity index (χ4v) is 3.21. The molecule has 1 aliphatic rings. The molecule has 0 unspecified atom stereocenters. The molecule has 0 bridgehead atoms. The third-order valence-corrected chi connectivity index (χ3v) is 4.30. The van der Waals surface area contributed by atoms with Gasteiger partial charge in [-0.15, -0.1) is 0 Å². The number of aromatic nitrogens is 2. The highest BCUT2D eigenvalue weighted by Gasteiger charge is 2.37. The van der Waals surface area contributed by atoms with E-state index in [0.29, 0.717) is 0 Å². The lowest BCUT2D eigenvalue weighted by atomic mass is 10.0. The second-order valence-corrected chi connectivity index (χ2v) is 6.20. The first kappa shape index (κ1) is 16.6. The first-order valence-corrected chi connectivity index (χ1v) is 7.78. The highest BCUT2D eigenvalue weighted by molar-refractivity contribution is 5.77. The summed E-state index contributed by atoms with van der Waals surface area (Å²) < 4.78 is 29.1. The fraction of sp³-hybridized carbons (Fsp3) is 0.412. The topological polar surface area (TPSA) is 58.4 Å². The van der Waals surface area contributed by atoms with E-state index in [4.69, 9.17) is 0 Å². The number of aliphatic hydroxyl groups is 1. The van der Waals surface area contributed by atoms with Crippen LogP contribution in [0.3, 0.4) is 0 Å². The molecular weight excluding hydrogens is 316 g/mol. The minimum absolute atomic E-state index is 0.000171. The first-order chi connectivity index (χ1) is 11.3. The Kier molecular flexibility index (Phi) is 4.36. The van der Waals surface area contributed by atoms with Crippen molar-refractivity contribution in [3.63, 3.8) is 0 Å². The zero-order valence-electron chi connectivity index (χ0n) is 13.5. The number of carbonyl (C=O) groups is 1. The minimum Gasteiger partial charge on any atom is -0.391 e. The maximum atomic E-state index is 14.1. The lowest BCUT2D eigenvalue weighted by Gasteiger charge is -2.25. The molecule has 1 saturated heterocycles. The Bertz CT molecular complexity index is 775. The Balaban J connectivity index is 1.86. The van der Waals surface area contributed by atoms with Gasteiger partial charge in [0.1, 0.15) is 18.2 Å². The van der Waals surface area contributed by atoms with Gasteiger partial charge in [-0.25, -0.2) is 8.78 Å². The molecule has 2 heterocycles.